The van der Waals surface area contributed by atoms with E-state index < -0.39 is 13.5 Å². The van der Waals surface area contributed by atoms with Gasteiger partial charge in [0.25, 0.3) is 0 Å². The summed E-state index contributed by atoms with van der Waals surface area (Å²) >= 11 is -1.61. The van der Waals surface area contributed by atoms with E-state index in [1.165, 1.54) is 87.1 Å². The first-order chi connectivity index (χ1) is 24.5. The van der Waals surface area contributed by atoms with Crippen LogP contribution in [0, 0.1) is 0 Å². The summed E-state index contributed by atoms with van der Waals surface area (Å²) in [6.07, 6.45) is 42.1. The molecule has 1 aromatic rings. The second-order valence-electron chi connectivity index (χ2n) is 16.8. The molecule has 2 aliphatic heterocycles. The van der Waals surface area contributed by atoms with Crippen LogP contribution in [-0.2, 0) is 13.5 Å². The van der Waals surface area contributed by atoms with Gasteiger partial charge in [-0.3, -0.25) is 0 Å². The van der Waals surface area contributed by atoms with Crippen molar-refractivity contribution in [1.29, 1.82) is 0 Å². The maximum absolute atomic E-state index is 5.67. The van der Waals surface area contributed by atoms with Gasteiger partial charge in [0, 0.05) is 28.7 Å². The maximum atomic E-state index is 5.67. The number of halogens is 4. The second-order valence-corrected chi connectivity index (χ2v) is 29.5. The van der Waals surface area contributed by atoms with Crippen LogP contribution in [0.2, 0.25) is 0 Å². The molecule has 1 aromatic carbocycles. The topological polar surface area (TPSA) is 6.02 Å². The SMILES string of the molecule is C[N+]1=CCC([PH+](C2CCCCC2)C2CCCCC2)CC1.C[N+]1=CCC([PH+](C2CCCCC2)C2CCCCC2)CC1.[Cl-].[Cl-].[Cl][Ru]([Cl])=[CH]c1ccccc1. The first kappa shape index (κ1) is 47.4. The predicted octanol–water partition coefficient (Wildman–Crippen LogP) is 6.25. The molecule has 2 unspecified atom stereocenters. The molecule has 0 amide bonds. The Balaban J connectivity index is 0.000000218. The van der Waals surface area contributed by atoms with Crippen molar-refractivity contribution >= 4 is 52.3 Å². The molecule has 4 fully saturated rings. The van der Waals surface area contributed by atoms with Gasteiger partial charge >= 0.3 is 73.4 Å². The van der Waals surface area contributed by atoms with Crippen LogP contribution in [0.15, 0.2) is 30.3 Å². The molecule has 6 aliphatic rings. The van der Waals surface area contributed by atoms with Crippen LogP contribution in [0.3, 0.4) is 0 Å². The standard InChI is InChI=1S/2C18H33NP.C7H6.4ClH.Ru/c2*1-19-14-12-18(13-15-19)20(16-8-4-2-5-9-16)17-10-6-3-7-11-17;1-7-5-3-2-4-6-7;;;;;/h2*14,16-18H,2-13,15H2,1H3;1-6H;4*1H;/q2*+1;;;;;;+2/p-2. The van der Waals surface area contributed by atoms with Crippen LogP contribution in [0.25, 0.3) is 0 Å². The minimum atomic E-state index is -1.61. The molecule has 4 aliphatic carbocycles. The van der Waals surface area contributed by atoms with E-state index in [9.17, 15) is 0 Å². The number of hydrogen-bond acceptors (Lipinski definition) is 0. The van der Waals surface area contributed by atoms with Crippen molar-refractivity contribution in [3.05, 3.63) is 35.9 Å². The summed E-state index contributed by atoms with van der Waals surface area (Å²) in [5.74, 6) is 0. The Morgan fingerprint density at radius 1 is 0.500 bits per heavy atom. The molecular formula is C43H74Cl4N2P2Ru+2. The van der Waals surface area contributed by atoms with E-state index in [4.69, 9.17) is 19.4 Å². The van der Waals surface area contributed by atoms with Crippen molar-refractivity contribution in [2.45, 2.75) is 188 Å². The van der Waals surface area contributed by atoms with Gasteiger partial charge in [0.15, 0.2) is 0 Å². The third kappa shape index (κ3) is 16.1. The summed E-state index contributed by atoms with van der Waals surface area (Å²) in [4.78, 5) is 0. The Morgan fingerprint density at radius 2 is 0.827 bits per heavy atom. The van der Waals surface area contributed by atoms with E-state index in [1.807, 2.05) is 34.9 Å². The second kappa shape index (κ2) is 26.9. The summed E-state index contributed by atoms with van der Waals surface area (Å²) in [5.41, 5.74) is 8.06. The summed E-state index contributed by atoms with van der Waals surface area (Å²) in [6, 6.07) is 9.89. The molecule has 0 bridgehead atoms. The Labute approximate surface area is 348 Å². The van der Waals surface area contributed by atoms with Crippen molar-refractivity contribution in [2.75, 3.05) is 27.2 Å². The molecule has 52 heavy (non-hydrogen) atoms. The summed E-state index contributed by atoms with van der Waals surface area (Å²) in [7, 11) is 15.6. The zero-order valence-corrected chi connectivity index (χ0v) is 39.5. The van der Waals surface area contributed by atoms with Gasteiger partial charge < -0.3 is 24.8 Å². The molecule has 0 radical (unpaired) electrons. The van der Waals surface area contributed by atoms with Crippen molar-refractivity contribution in [3.8, 4) is 0 Å². The first-order valence-corrected chi connectivity index (χ1v) is 30.1. The van der Waals surface area contributed by atoms with Crippen LogP contribution in [0.4, 0.5) is 0 Å². The number of rotatable bonds is 7. The number of hydrogen-bond donors (Lipinski definition) is 0. The summed E-state index contributed by atoms with van der Waals surface area (Å²) in [5, 5.41) is 0. The Kier molecular flexibility index (Phi) is 24.5. The zero-order valence-electron chi connectivity index (χ0n) is 32.7. The van der Waals surface area contributed by atoms with E-state index in [-0.39, 0.29) is 40.7 Å². The van der Waals surface area contributed by atoms with Crippen molar-refractivity contribution in [1.82, 2.24) is 0 Å². The van der Waals surface area contributed by atoms with E-state index in [1.54, 1.807) is 103 Å². The van der Waals surface area contributed by atoms with Gasteiger partial charge in [0.05, 0.1) is 46.8 Å². The molecule has 9 heteroatoms. The predicted molar refractivity (Wildman–Crippen MR) is 228 cm³/mol. The van der Waals surface area contributed by atoms with Crippen LogP contribution in [-0.4, -0.2) is 87.3 Å². The summed E-state index contributed by atoms with van der Waals surface area (Å²) in [6.45, 7) is 2.66. The molecule has 0 saturated heterocycles. The fourth-order valence-corrected chi connectivity index (χ4v) is 22.5. The van der Waals surface area contributed by atoms with Gasteiger partial charge in [-0.25, -0.2) is 9.15 Å². The van der Waals surface area contributed by atoms with E-state index >= 15 is 0 Å². The van der Waals surface area contributed by atoms with Crippen molar-refractivity contribution < 1.29 is 47.5 Å². The van der Waals surface area contributed by atoms with Crippen LogP contribution in [0.5, 0.6) is 0 Å². The van der Waals surface area contributed by atoms with Gasteiger partial charge in [0.1, 0.15) is 39.6 Å². The van der Waals surface area contributed by atoms with Gasteiger partial charge in [-0.05, 0) is 103 Å². The molecule has 0 spiro atoms. The zero-order chi connectivity index (χ0) is 35.0. The molecule has 300 valence electrons. The molecular weight excluding hydrogens is 849 g/mol. The molecule has 7 rings (SSSR count). The quantitative estimate of drug-likeness (QED) is 0.174. The average Bonchev–Trinajstić information content (AvgIpc) is 3.16. The molecule has 4 saturated carbocycles. The fraction of sp³-hybridized carbons (Fsp3) is 0.791. The molecule has 2 heterocycles. The fourth-order valence-electron chi connectivity index (χ4n) is 10.7. The normalized spacial score (nSPS) is 25.5. The number of benzene rings is 1. The third-order valence-electron chi connectivity index (χ3n) is 13.3. The average molecular weight is 924 g/mol. The summed E-state index contributed by atoms with van der Waals surface area (Å²) < 4.78 is 6.81. The Bertz CT molecular complexity index is 1090. The third-order valence-corrected chi connectivity index (χ3v) is 24.2. The van der Waals surface area contributed by atoms with Crippen LogP contribution in [0.1, 0.15) is 160 Å². The van der Waals surface area contributed by atoms with Gasteiger partial charge in [-0.1, -0.05) is 25.7 Å². The van der Waals surface area contributed by atoms with E-state index in [2.05, 4.69) is 35.7 Å². The van der Waals surface area contributed by atoms with Gasteiger partial charge in [-0.15, -0.1) is 0 Å². The Morgan fingerprint density at radius 3 is 1.10 bits per heavy atom. The van der Waals surface area contributed by atoms with E-state index in [0.29, 0.717) is 0 Å². The molecule has 2 nitrogen and oxygen atoms in total. The Hall–Kier alpha value is 1.07. The van der Waals surface area contributed by atoms with Crippen molar-refractivity contribution in [3.63, 3.8) is 0 Å². The minimum absolute atomic E-state index is 0. The van der Waals surface area contributed by atoms with Crippen LogP contribution < -0.4 is 24.8 Å². The first-order valence-electron chi connectivity index (χ1n) is 21.2. The van der Waals surface area contributed by atoms with E-state index in [0.717, 1.165) is 16.9 Å². The molecule has 0 N–H and O–H groups in total. The monoisotopic (exact) mass is 922 g/mol. The molecule has 2 atom stereocenters. The molecule has 0 aromatic heterocycles. The van der Waals surface area contributed by atoms with Gasteiger partial charge in [-0.2, -0.15) is 0 Å². The van der Waals surface area contributed by atoms with Crippen LogP contribution >= 0.6 is 35.2 Å². The number of nitrogens with zero attached hydrogens (tertiary/aromatic N) is 2. The van der Waals surface area contributed by atoms with Crippen molar-refractivity contribution in [2.24, 2.45) is 0 Å². The van der Waals surface area contributed by atoms with Gasteiger partial charge in [0.2, 0.25) is 0 Å².